The van der Waals surface area contributed by atoms with Crippen molar-refractivity contribution in [2.24, 2.45) is 0 Å². The maximum Gasteiger partial charge on any atom is 0.238 e. The third-order valence-corrected chi connectivity index (χ3v) is 2.24. The molecule has 1 amide bonds. The number of anilines is 1. The lowest BCUT2D eigenvalue weighted by Gasteiger charge is -2.09. The van der Waals surface area contributed by atoms with Crippen LogP contribution in [0.25, 0.3) is 0 Å². The molecule has 0 aromatic heterocycles. The summed E-state index contributed by atoms with van der Waals surface area (Å²) in [7, 11) is 1.62. The van der Waals surface area contributed by atoms with Crippen molar-refractivity contribution in [3.63, 3.8) is 0 Å². The lowest BCUT2D eigenvalue weighted by Crippen LogP contribution is -2.27. The first-order chi connectivity index (χ1) is 7.67. The van der Waals surface area contributed by atoms with E-state index in [4.69, 9.17) is 4.74 Å². The van der Waals surface area contributed by atoms with Crippen molar-refractivity contribution in [2.45, 2.75) is 13.8 Å². The van der Waals surface area contributed by atoms with Gasteiger partial charge in [-0.25, -0.2) is 0 Å². The van der Waals surface area contributed by atoms with Gasteiger partial charge in [0.2, 0.25) is 5.91 Å². The molecule has 0 radical (unpaired) electrons. The summed E-state index contributed by atoms with van der Waals surface area (Å²) in [6.07, 6.45) is 0. The molecule has 2 N–H and O–H groups in total. The number of carbonyl (C=O) groups excluding carboxylic acids is 1. The van der Waals surface area contributed by atoms with E-state index in [1.54, 1.807) is 7.11 Å². The monoisotopic (exact) mass is 222 g/mol. The normalized spacial score (nSPS) is 9.94. The molecule has 0 spiro atoms. The average Bonchev–Trinajstić information content (AvgIpc) is 2.29. The summed E-state index contributed by atoms with van der Waals surface area (Å²) < 4.78 is 5.09. The average molecular weight is 222 g/mol. The van der Waals surface area contributed by atoms with E-state index in [0.29, 0.717) is 6.54 Å². The van der Waals surface area contributed by atoms with Crippen molar-refractivity contribution in [1.82, 2.24) is 5.32 Å². The van der Waals surface area contributed by atoms with Crippen LogP contribution in [0.3, 0.4) is 0 Å². The number of nitrogens with one attached hydrogen (secondary N) is 2. The number of hydrogen-bond donors (Lipinski definition) is 2. The third kappa shape index (κ3) is 3.55. The Morgan fingerprint density at radius 3 is 2.75 bits per heavy atom. The van der Waals surface area contributed by atoms with Crippen LogP contribution in [0.4, 0.5) is 5.69 Å². The minimum absolute atomic E-state index is 0.0323. The van der Waals surface area contributed by atoms with Crippen molar-refractivity contribution >= 4 is 11.6 Å². The molecule has 1 rings (SSSR count). The van der Waals surface area contributed by atoms with Gasteiger partial charge < -0.3 is 15.4 Å². The molecule has 0 bridgehead atoms. The predicted molar refractivity (Wildman–Crippen MR) is 64.9 cm³/mol. The van der Waals surface area contributed by atoms with Gasteiger partial charge in [-0.1, -0.05) is 6.92 Å². The Kier molecular flexibility index (Phi) is 4.79. The molecule has 0 heterocycles. The van der Waals surface area contributed by atoms with E-state index in [1.807, 2.05) is 32.0 Å². The lowest BCUT2D eigenvalue weighted by atomic mass is 10.2. The minimum Gasteiger partial charge on any atom is -0.497 e. The second-order valence-electron chi connectivity index (χ2n) is 3.51. The van der Waals surface area contributed by atoms with Gasteiger partial charge in [-0.05, 0) is 37.2 Å². The zero-order valence-electron chi connectivity index (χ0n) is 9.96. The highest BCUT2D eigenvalue weighted by Gasteiger charge is 2.04. The zero-order chi connectivity index (χ0) is 12.0. The van der Waals surface area contributed by atoms with Crippen LogP contribution in [0.2, 0.25) is 0 Å². The second kappa shape index (κ2) is 6.12. The number of hydrogen-bond acceptors (Lipinski definition) is 3. The van der Waals surface area contributed by atoms with Gasteiger partial charge in [0.25, 0.3) is 0 Å². The van der Waals surface area contributed by atoms with Crippen molar-refractivity contribution in [3.05, 3.63) is 23.8 Å². The molecule has 0 aliphatic rings. The Labute approximate surface area is 96.0 Å². The number of ether oxygens (including phenoxy) is 1. The van der Waals surface area contributed by atoms with Crippen LogP contribution in [-0.2, 0) is 4.79 Å². The summed E-state index contributed by atoms with van der Waals surface area (Å²) in [5.41, 5.74) is 1.81. The number of rotatable bonds is 5. The molecule has 0 aliphatic heterocycles. The van der Waals surface area contributed by atoms with Gasteiger partial charge in [-0.3, -0.25) is 4.79 Å². The Bertz CT molecular complexity index is 364. The number of likely N-dealkylation sites (N-methyl/N-ethyl adjacent to an activating group) is 1. The Balaban J connectivity index is 2.63. The van der Waals surface area contributed by atoms with Crippen molar-refractivity contribution in [1.29, 1.82) is 0 Å². The maximum atomic E-state index is 11.5. The topological polar surface area (TPSA) is 50.4 Å². The first-order valence-electron chi connectivity index (χ1n) is 5.32. The second-order valence-corrected chi connectivity index (χ2v) is 3.51. The molecule has 0 atom stereocenters. The Morgan fingerprint density at radius 1 is 1.44 bits per heavy atom. The molecular formula is C12H18N2O2. The van der Waals surface area contributed by atoms with E-state index in [1.165, 1.54) is 0 Å². The smallest absolute Gasteiger partial charge is 0.238 e. The van der Waals surface area contributed by atoms with Crippen LogP contribution in [0.15, 0.2) is 18.2 Å². The van der Waals surface area contributed by atoms with Crippen LogP contribution in [0.5, 0.6) is 5.75 Å². The molecule has 88 valence electrons. The molecule has 4 nitrogen and oxygen atoms in total. The molecule has 16 heavy (non-hydrogen) atoms. The third-order valence-electron chi connectivity index (χ3n) is 2.24. The minimum atomic E-state index is -0.0323. The van der Waals surface area contributed by atoms with Crippen molar-refractivity contribution < 1.29 is 9.53 Å². The molecule has 0 fully saturated rings. The van der Waals surface area contributed by atoms with Crippen molar-refractivity contribution in [3.8, 4) is 5.75 Å². The summed E-state index contributed by atoms with van der Waals surface area (Å²) in [6.45, 7) is 5.02. The van der Waals surface area contributed by atoms with E-state index in [0.717, 1.165) is 23.5 Å². The van der Waals surface area contributed by atoms with E-state index in [-0.39, 0.29) is 5.91 Å². The van der Waals surface area contributed by atoms with Crippen molar-refractivity contribution in [2.75, 3.05) is 25.5 Å². The first kappa shape index (κ1) is 12.5. The fraction of sp³-hybridized carbons (Fsp3) is 0.417. The van der Waals surface area contributed by atoms with E-state index < -0.39 is 0 Å². The summed E-state index contributed by atoms with van der Waals surface area (Å²) in [5, 5.41) is 5.81. The summed E-state index contributed by atoms with van der Waals surface area (Å²) in [4.78, 5) is 11.5. The van der Waals surface area contributed by atoms with Gasteiger partial charge in [0.15, 0.2) is 0 Å². The van der Waals surface area contributed by atoms with Crippen LogP contribution >= 0.6 is 0 Å². The van der Waals surface area contributed by atoms with Crippen LogP contribution in [0, 0.1) is 6.92 Å². The maximum absolute atomic E-state index is 11.5. The molecular weight excluding hydrogens is 204 g/mol. The number of benzene rings is 1. The van der Waals surface area contributed by atoms with E-state index in [9.17, 15) is 4.79 Å². The van der Waals surface area contributed by atoms with Gasteiger partial charge in [0.05, 0.1) is 13.7 Å². The highest BCUT2D eigenvalue weighted by Crippen LogP contribution is 2.20. The van der Waals surface area contributed by atoms with Crippen LogP contribution < -0.4 is 15.4 Å². The van der Waals surface area contributed by atoms with E-state index >= 15 is 0 Å². The summed E-state index contributed by atoms with van der Waals surface area (Å²) in [6, 6.07) is 5.57. The SMILES string of the molecule is CCNCC(=O)Nc1ccc(OC)cc1C. The first-order valence-corrected chi connectivity index (χ1v) is 5.32. The molecule has 1 aromatic carbocycles. The predicted octanol–water partition coefficient (Wildman–Crippen LogP) is 1.55. The molecule has 1 aromatic rings. The van der Waals surface area contributed by atoms with Gasteiger partial charge in [-0.2, -0.15) is 0 Å². The van der Waals surface area contributed by atoms with E-state index in [2.05, 4.69) is 10.6 Å². The van der Waals surface area contributed by atoms with Gasteiger partial charge in [-0.15, -0.1) is 0 Å². The zero-order valence-corrected chi connectivity index (χ0v) is 9.96. The van der Waals surface area contributed by atoms with Gasteiger partial charge >= 0.3 is 0 Å². The number of methoxy groups -OCH3 is 1. The molecule has 4 heteroatoms. The standard InChI is InChI=1S/C12H18N2O2/c1-4-13-8-12(15)14-11-6-5-10(16-3)7-9(11)2/h5-7,13H,4,8H2,1-3H3,(H,14,15). The molecule has 0 aliphatic carbocycles. The molecule has 0 saturated carbocycles. The Hall–Kier alpha value is -1.55. The largest absolute Gasteiger partial charge is 0.497 e. The van der Waals surface area contributed by atoms with Gasteiger partial charge in [0.1, 0.15) is 5.75 Å². The van der Waals surface area contributed by atoms with Crippen LogP contribution in [0.1, 0.15) is 12.5 Å². The van der Waals surface area contributed by atoms with Crippen LogP contribution in [-0.4, -0.2) is 26.1 Å². The number of aryl methyl sites for hydroxylation is 1. The Morgan fingerprint density at radius 2 is 2.19 bits per heavy atom. The van der Waals surface area contributed by atoms with Gasteiger partial charge in [0, 0.05) is 5.69 Å². The fourth-order valence-electron chi connectivity index (χ4n) is 1.34. The number of amides is 1. The number of carbonyl (C=O) groups is 1. The fourth-order valence-corrected chi connectivity index (χ4v) is 1.34. The highest BCUT2D eigenvalue weighted by atomic mass is 16.5. The summed E-state index contributed by atoms with van der Waals surface area (Å²) >= 11 is 0. The summed E-state index contributed by atoms with van der Waals surface area (Å²) in [5.74, 6) is 0.761. The molecule has 0 saturated heterocycles. The lowest BCUT2D eigenvalue weighted by molar-refractivity contribution is -0.115. The quantitative estimate of drug-likeness (QED) is 0.794. The molecule has 0 unspecified atom stereocenters. The highest BCUT2D eigenvalue weighted by molar-refractivity contribution is 5.93.